The number of nitrogens with one attached hydrogen (secondary N) is 3. The normalized spacial score (nSPS) is 18.8. The molecule has 0 saturated carbocycles. The van der Waals surface area contributed by atoms with Gasteiger partial charge in [0.15, 0.2) is 6.54 Å². The molecule has 6 heteroatoms. The van der Waals surface area contributed by atoms with Crippen LogP contribution in [0.5, 0.6) is 0 Å². The standard InChI is InChI=1S/C23H29N3O3/c1-3-19-6-4-5-7-21(19)24-22(27)17-26-14-12-25(13-15-26)16-18-8-10-20(11-9-18)23(28)29-2/h4-11H,3,12-17H2,1-2H3,(H,24,27)/p+2. The molecule has 29 heavy (non-hydrogen) atoms. The fraction of sp³-hybridized carbons (Fsp3) is 0.391. The van der Waals surface area contributed by atoms with Crippen molar-refractivity contribution in [1.82, 2.24) is 0 Å². The van der Waals surface area contributed by atoms with Gasteiger partial charge in [-0.2, -0.15) is 0 Å². The lowest BCUT2D eigenvalue weighted by Gasteiger charge is -2.29. The molecule has 1 fully saturated rings. The third kappa shape index (κ3) is 5.89. The zero-order chi connectivity index (χ0) is 20.6. The Balaban J connectivity index is 1.44. The van der Waals surface area contributed by atoms with Crippen molar-refractivity contribution in [3.63, 3.8) is 0 Å². The molecule has 0 bridgehead atoms. The number of piperazine rings is 1. The fourth-order valence-corrected chi connectivity index (χ4v) is 3.85. The van der Waals surface area contributed by atoms with Crippen LogP contribution in [-0.4, -0.2) is 51.7 Å². The zero-order valence-electron chi connectivity index (χ0n) is 17.3. The highest BCUT2D eigenvalue weighted by atomic mass is 16.5. The Kier molecular flexibility index (Phi) is 7.38. The molecule has 154 valence electrons. The van der Waals surface area contributed by atoms with Gasteiger partial charge >= 0.3 is 5.97 Å². The summed E-state index contributed by atoms with van der Waals surface area (Å²) in [6.07, 6.45) is 0.909. The van der Waals surface area contributed by atoms with Gasteiger partial charge in [-0.15, -0.1) is 0 Å². The average molecular weight is 398 g/mol. The van der Waals surface area contributed by atoms with E-state index in [-0.39, 0.29) is 11.9 Å². The van der Waals surface area contributed by atoms with Gasteiger partial charge in [-0.25, -0.2) is 4.79 Å². The number of para-hydroxylation sites is 1. The maximum absolute atomic E-state index is 12.5. The Morgan fingerprint density at radius 2 is 1.62 bits per heavy atom. The molecule has 0 unspecified atom stereocenters. The van der Waals surface area contributed by atoms with Gasteiger partial charge in [0, 0.05) is 11.3 Å². The van der Waals surface area contributed by atoms with Crippen molar-refractivity contribution in [1.29, 1.82) is 0 Å². The summed E-state index contributed by atoms with van der Waals surface area (Å²) in [4.78, 5) is 26.8. The van der Waals surface area contributed by atoms with Gasteiger partial charge in [0.2, 0.25) is 0 Å². The second-order valence-corrected chi connectivity index (χ2v) is 7.60. The van der Waals surface area contributed by atoms with E-state index in [0.717, 1.165) is 44.8 Å². The van der Waals surface area contributed by atoms with Crippen molar-refractivity contribution < 1.29 is 24.1 Å². The number of anilines is 1. The number of hydrogen-bond acceptors (Lipinski definition) is 3. The average Bonchev–Trinajstić information content (AvgIpc) is 2.75. The lowest BCUT2D eigenvalue weighted by Crippen LogP contribution is -3.28. The molecule has 2 aromatic rings. The predicted molar refractivity (Wildman–Crippen MR) is 112 cm³/mol. The number of aryl methyl sites for hydroxylation is 1. The second kappa shape index (κ2) is 10.2. The van der Waals surface area contributed by atoms with Crippen LogP contribution >= 0.6 is 0 Å². The monoisotopic (exact) mass is 397 g/mol. The van der Waals surface area contributed by atoms with Gasteiger partial charge in [0.05, 0.1) is 12.7 Å². The van der Waals surface area contributed by atoms with Gasteiger partial charge < -0.3 is 19.9 Å². The number of carbonyl (C=O) groups is 2. The minimum atomic E-state index is -0.305. The maximum Gasteiger partial charge on any atom is 0.337 e. The highest BCUT2D eigenvalue weighted by Gasteiger charge is 2.25. The molecule has 1 aliphatic rings. The molecule has 0 aliphatic carbocycles. The molecule has 0 atom stereocenters. The second-order valence-electron chi connectivity index (χ2n) is 7.60. The summed E-state index contributed by atoms with van der Waals surface area (Å²) in [7, 11) is 1.39. The minimum Gasteiger partial charge on any atom is -0.465 e. The van der Waals surface area contributed by atoms with E-state index >= 15 is 0 Å². The number of amides is 1. The van der Waals surface area contributed by atoms with Crippen LogP contribution in [0.3, 0.4) is 0 Å². The number of benzene rings is 2. The van der Waals surface area contributed by atoms with Crippen molar-refractivity contribution in [3.8, 4) is 0 Å². The Morgan fingerprint density at radius 1 is 0.966 bits per heavy atom. The largest absolute Gasteiger partial charge is 0.465 e. The molecule has 1 aliphatic heterocycles. The predicted octanol–water partition coefficient (Wildman–Crippen LogP) is -0.0423. The number of carbonyl (C=O) groups excluding carboxylic acids is 2. The summed E-state index contributed by atoms with van der Waals surface area (Å²) in [5, 5.41) is 3.07. The first-order valence-corrected chi connectivity index (χ1v) is 10.3. The molecular formula is C23H31N3O3+2. The SMILES string of the molecule is CCc1ccccc1NC(=O)C[NH+]1CC[NH+](Cc2ccc(C(=O)OC)cc2)CC1. The summed E-state index contributed by atoms with van der Waals surface area (Å²) in [5.41, 5.74) is 3.89. The molecule has 1 saturated heterocycles. The number of ether oxygens (including phenoxy) is 1. The first-order chi connectivity index (χ1) is 14.1. The van der Waals surface area contributed by atoms with Crippen molar-refractivity contribution in [2.45, 2.75) is 19.9 Å². The molecule has 0 aromatic heterocycles. The highest BCUT2D eigenvalue weighted by Crippen LogP contribution is 2.14. The quantitative estimate of drug-likeness (QED) is 0.575. The Hall–Kier alpha value is -2.70. The zero-order valence-corrected chi connectivity index (χ0v) is 17.3. The molecule has 0 radical (unpaired) electrons. The number of methoxy groups -OCH3 is 1. The van der Waals surface area contributed by atoms with Crippen LogP contribution in [0, 0.1) is 0 Å². The van der Waals surface area contributed by atoms with Crippen molar-refractivity contribution in [2.75, 3.05) is 45.2 Å². The summed E-state index contributed by atoms with van der Waals surface area (Å²) in [6, 6.07) is 15.6. The Morgan fingerprint density at radius 3 is 2.28 bits per heavy atom. The first-order valence-electron chi connectivity index (χ1n) is 10.3. The van der Waals surface area contributed by atoms with E-state index in [1.165, 1.54) is 28.0 Å². The summed E-state index contributed by atoms with van der Waals surface area (Å²) < 4.78 is 4.74. The molecule has 3 rings (SSSR count). The fourth-order valence-electron chi connectivity index (χ4n) is 3.85. The minimum absolute atomic E-state index is 0.0859. The van der Waals surface area contributed by atoms with Gasteiger partial charge in [-0.3, -0.25) is 4.79 Å². The van der Waals surface area contributed by atoms with E-state index in [2.05, 4.69) is 18.3 Å². The van der Waals surface area contributed by atoms with Crippen molar-refractivity contribution in [2.24, 2.45) is 0 Å². The van der Waals surface area contributed by atoms with Gasteiger partial charge in [0.1, 0.15) is 32.7 Å². The number of rotatable bonds is 7. The molecule has 6 nitrogen and oxygen atoms in total. The lowest BCUT2D eigenvalue weighted by molar-refractivity contribution is -1.02. The van der Waals surface area contributed by atoms with E-state index in [1.54, 1.807) is 0 Å². The van der Waals surface area contributed by atoms with E-state index in [9.17, 15) is 9.59 Å². The maximum atomic E-state index is 12.5. The Labute approximate surface area is 172 Å². The topological polar surface area (TPSA) is 64.3 Å². The Bertz CT molecular complexity index is 828. The van der Waals surface area contributed by atoms with E-state index in [0.29, 0.717) is 12.1 Å². The molecular weight excluding hydrogens is 366 g/mol. The van der Waals surface area contributed by atoms with Crippen LogP contribution in [0.15, 0.2) is 48.5 Å². The smallest absolute Gasteiger partial charge is 0.337 e. The van der Waals surface area contributed by atoms with Gasteiger partial charge in [-0.05, 0) is 30.2 Å². The summed E-state index contributed by atoms with van der Waals surface area (Å²) in [5.74, 6) is -0.219. The van der Waals surface area contributed by atoms with Crippen LogP contribution < -0.4 is 15.1 Å². The van der Waals surface area contributed by atoms with E-state index < -0.39 is 0 Å². The summed E-state index contributed by atoms with van der Waals surface area (Å²) in [6.45, 7) is 7.59. The number of esters is 1. The van der Waals surface area contributed by atoms with Crippen LogP contribution in [-0.2, 0) is 22.5 Å². The highest BCUT2D eigenvalue weighted by molar-refractivity contribution is 5.92. The van der Waals surface area contributed by atoms with E-state index in [4.69, 9.17) is 4.74 Å². The first kappa shape index (κ1) is 21.0. The lowest BCUT2D eigenvalue weighted by atomic mass is 10.1. The number of hydrogen-bond donors (Lipinski definition) is 3. The molecule has 3 N–H and O–H groups in total. The van der Waals surface area contributed by atoms with Crippen LogP contribution in [0.4, 0.5) is 5.69 Å². The molecule has 1 heterocycles. The van der Waals surface area contributed by atoms with Crippen molar-refractivity contribution in [3.05, 3.63) is 65.2 Å². The van der Waals surface area contributed by atoms with Crippen LogP contribution in [0.1, 0.15) is 28.4 Å². The van der Waals surface area contributed by atoms with Crippen molar-refractivity contribution >= 4 is 17.6 Å². The van der Waals surface area contributed by atoms with Crippen LogP contribution in [0.25, 0.3) is 0 Å². The number of quaternary nitrogens is 2. The third-order valence-corrected chi connectivity index (χ3v) is 5.58. The molecule has 1 amide bonds. The summed E-state index contributed by atoms with van der Waals surface area (Å²) >= 11 is 0. The van der Waals surface area contributed by atoms with Gasteiger partial charge in [-0.1, -0.05) is 37.3 Å². The molecule has 0 spiro atoms. The third-order valence-electron chi connectivity index (χ3n) is 5.58. The van der Waals surface area contributed by atoms with E-state index in [1.807, 2.05) is 42.5 Å². The van der Waals surface area contributed by atoms with Gasteiger partial charge in [0.25, 0.3) is 5.91 Å². The molecule has 2 aromatic carbocycles. The van der Waals surface area contributed by atoms with Crippen LogP contribution in [0.2, 0.25) is 0 Å².